The molecule has 0 atom stereocenters. The largest absolute Gasteiger partial charge is 0.398 e. The zero-order valence-corrected chi connectivity index (χ0v) is 7.21. The van der Waals surface area contributed by atoms with Crippen LogP contribution in [-0.2, 0) is 0 Å². The first-order valence-corrected chi connectivity index (χ1v) is 3.90. The highest BCUT2D eigenvalue weighted by Crippen LogP contribution is 2.28. The number of fused-ring (bicyclic) bond motifs is 1. The molecule has 0 aromatic heterocycles. The molecule has 2 amide bonds. The Labute approximate surface area is 79.0 Å². The lowest BCUT2D eigenvalue weighted by atomic mass is 10.1. The molecular weight excluding hydrogens is 192 g/mol. The molecule has 66 valence electrons. The lowest BCUT2D eigenvalue weighted by Gasteiger charge is -1.99. The van der Waals surface area contributed by atoms with Crippen LogP contribution in [0.5, 0.6) is 0 Å². The third-order valence-corrected chi connectivity index (χ3v) is 2.20. The molecule has 13 heavy (non-hydrogen) atoms. The van der Waals surface area contributed by atoms with E-state index in [4.69, 9.17) is 17.5 Å². The van der Waals surface area contributed by atoms with Crippen molar-refractivity contribution in [3.05, 3.63) is 29.3 Å². The zero-order chi connectivity index (χ0) is 9.59. The summed E-state index contributed by atoms with van der Waals surface area (Å²) in [7, 11) is 0. The van der Waals surface area contributed by atoms with Crippen molar-refractivity contribution < 1.29 is 9.59 Å². The van der Waals surface area contributed by atoms with Gasteiger partial charge in [-0.1, -0.05) is 6.07 Å². The van der Waals surface area contributed by atoms with Gasteiger partial charge < -0.3 is 5.73 Å². The number of nitrogens with zero attached hydrogens (tertiary/aromatic N) is 1. The molecular formula is C8H5ClN2O2. The summed E-state index contributed by atoms with van der Waals surface area (Å²) in [6.45, 7) is 0. The molecule has 0 bridgehead atoms. The first-order valence-electron chi connectivity index (χ1n) is 3.56. The summed E-state index contributed by atoms with van der Waals surface area (Å²) in [5, 5.41) is 0. The fraction of sp³-hybridized carbons (Fsp3) is 0. The number of hydrogen-bond acceptors (Lipinski definition) is 3. The molecule has 0 unspecified atom stereocenters. The van der Waals surface area contributed by atoms with Crippen molar-refractivity contribution in [1.82, 2.24) is 4.42 Å². The Bertz CT molecular complexity index is 417. The first-order chi connectivity index (χ1) is 6.13. The topological polar surface area (TPSA) is 63.4 Å². The zero-order valence-electron chi connectivity index (χ0n) is 6.45. The van der Waals surface area contributed by atoms with Crippen LogP contribution in [0.1, 0.15) is 20.7 Å². The van der Waals surface area contributed by atoms with Gasteiger partial charge in [0, 0.05) is 17.5 Å². The lowest BCUT2D eigenvalue weighted by molar-refractivity contribution is 0.0767. The normalized spacial score (nSPS) is 15.0. The van der Waals surface area contributed by atoms with Gasteiger partial charge in [0.1, 0.15) is 0 Å². The van der Waals surface area contributed by atoms with Gasteiger partial charge in [0.05, 0.1) is 11.1 Å². The smallest absolute Gasteiger partial charge is 0.278 e. The van der Waals surface area contributed by atoms with Crippen molar-refractivity contribution in [2.75, 3.05) is 5.73 Å². The molecule has 2 rings (SSSR count). The molecule has 1 aliphatic heterocycles. The monoisotopic (exact) mass is 196 g/mol. The van der Waals surface area contributed by atoms with Gasteiger partial charge >= 0.3 is 0 Å². The third kappa shape index (κ3) is 0.922. The van der Waals surface area contributed by atoms with Crippen LogP contribution < -0.4 is 5.73 Å². The fourth-order valence-corrected chi connectivity index (χ4v) is 1.46. The highest BCUT2D eigenvalue weighted by molar-refractivity contribution is 6.40. The lowest BCUT2D eigenvalue weighted by Crippen LogP contribution is -2.18. The fourth-order valence-electron chi connectivity index (χ4n) is 1.28. The number of nitrogens with two attached hydrogens (primary N) is 1. The van der Waals surface area contributed by atoms with Crippen molar-refractivity contribution in [2.24, 2.45) is 0 Å². The summed E-state index contributed by atoms with van der Waals surface area (Å²) in [5.74, 6) is -1.08. The molecule has 0 aliphatic carbocycles. The second kappa shape index (κ2) is 2.47. The highest BCUT2D eigenvalue weighted by Gasteiger charge is 2.36. The Hall–Kier alpha value is -1.55. The van der Waals surface area contributed by atoms with Gasteiger partial charge in [-0.05, 0) is 12.1 Å². The van der Waals surface area contributed by atoms with E-state index in [0.717, 1.165) is 0 Å². The Kier molecular flexibility index (Phi) is 1.53. The summed E-state index contributed by atoms with van der Waals surface area (Å²) in [6.07, 6.45) is 0. The molecule has 1 aromatic rings. The predicted octanol–water partition coefficient (Wildman–Crippen LogP) is 1.02. The second-order valence-electron chi connectivity index (χ2n) is 2.66. The molecule has 2 N–H and O–H groups in total. The molecule has 0 saturated carbocycles. The molecule has 1 aromatic carbocycles. The number of hydrogen-bond donors (Lipinski definition) is 1. The van der Waals surface area contributed by atoms with Crippen molar-refractivity contribution >= 4 is 29.3 Å². The number of benzene rings is 1. The van der Waals surface area contributed by atoms with Gasteiger partial charge in [0.15, 0.2) is 0 Å². The maximum absolute atomic E-state index is 11.3. The number of rotatable bonds is 0. The van der Waals surface area contributed by atoms with Gasteiger partial charge in [-0.15, -0.1) is 0 Å². The number of carbonyl (C=O) groups is 2. The van der Waals surface area contributed by atoms with Gasteiger partial charge in [-0.2, -0.15) is 4.42 Å². The number of halogens is 1. The van der Waals surface area contributed by atoms with E-state index >= 15 is 0 Å². The van der Waals surface area contributed by atoms with Crippen LogP contribution in [0.15, 0.2) is 18.2 Å². The van der Waals surface area contributed by atoms with Crippen molar-refractivity contribution in [3.8, 4) is 0 Å². The van der Waals surface area contributed by atoms with E-state index in [1.165, 1.54) is 6.07 Å². The van der Waals surface area contributed by atoms with E-state index in [1.807, 2.05) is 0 Å². The van der Waals surface area contributed by atoms with Gasteiger partial charge in [-0.25, -0.2) is 0 Å². The number of nitrogen functional groups attached to an aromatic ring is 1. The average molecular weight is 197 g/mol. The van der Waals surface area contributed by atoms with Gasteiger partial charge in [0.2, 0.25) is 0 Å². The summed E-state index contributed by atoms with van der Waals surface area (Å²) in [6, 6.07) is 4.68. The summed E-state index contributed by atoms with van der Waals surface area (Å²) in [5.41, 5.74) is 6.27. The Morgan fingerprint density at radius 1 is 1.23 bits per heavy atom. The molecule has 5 heteroatoms. The third-order valence-electron chi connectivity index (χ3n) is 1.90. The molecule has 0 radical (unpaired) electrons. The standard InChI is InChI=1S/C8H5ClN2O2/c9-11-7(12)4-2-1-3-5(10)6(4)8(11)13/h1-3H,10H2. The molecule has 1 aliphatic rings. The van der Waals surface area contributed by atoms with Crippen LogP contribution in [0, 0.1) is 0 Å². The maximum atomic E-state index is 11.3. The van der Waals surface area contributed by atoms with Gasteiger partial charge in [0.25, 0.3) is 11.8 Å². The van der Waals surface area contributed by atoms with Crippen molar-refractivity contribution in [2.45, 2.75) is 0 Å². The molecule has 1 heterocycles. The number of imide groups is 1. The second-order valence-corrected chi connectivity index (χ2v) is 3.00. The molecule has 4 nitrogen and oxygen atoms in total. The predicted molar refractivity (Wildman–Crippen MR) is 47.2 cm³/mol. The van der Waals surface area contributed by atoms with E-state index < -0.39 is 11.8 Å². The SMILES string of the molecule is Nc1cccc2c1C(=O)N(Cl)C2=O. The van der Waals surface area contributed by atoms with E-state index in [1.54, 1.807) is 12.1 Å². The van der Waals surface area contributed by atoms with E-state index in [0.29, 0.717) is 4.42 Å². The van der Waals surface area contributed by atoms with Crippen LogP contribution >= 0.6 is 11.8 Å². The summed E-state index contributed by atoms with van der Waals surface area (Å²) < 4.78 is 0.543. The highest BCUT2D eigenvalue weighted by atomic mass is 35.5. The number of carbonyl (C=O) groups excluding carboxylic acids is 2. The molecule has 0 fully saturated rings. The quantitative estimate of drug-likeness (QED) is 0.383. The van der Waals surface area contributed by atoms with Gasteiger partial charge in [-0.3, -0.25) is 9.59 Å². The van der Waals surface area contributed by atoms with Crippen LogP contribution in [0.3, 0.4) is 0 Å². The minimum atomic E-state index is -0.556. The van der Waals surface area contributed by atoms with Crippen molar-refractivity contribution in [3.63, 3.8) is 0 Å². The Morgan fingerprint density at radius 2 is 1.92 bits per heavy atom. The molecule has 0 saturated heterocycles. The minimum Gasteiger partial charge on any atom is -0.398 e. The minimum absolute atomic E-state index is 0.197. The molecule has 0 spiro atoms. The van der Waals surface area contributed by atoms with E-state index in [-0.39, 0.29) is 16.8 Å². The van der Waals surface area contributed by atoms with E-state index in [9.17, 15) is 9.59 Å². The van der Waals surface area contributed by atoms with Crippen LogP contribution in [0.2, 0.25) is 0 Å². The summed E-state index contributed by atoms with van der Waals surface area (Å²) in [4.78, 5) is 22.6. The Morgan fingerprint density at radius 3 is 2.54 bits per heavy atom. The van der Waals surface area contributed by atoms with E-state index in [2.05, 4.69) is 0 Å². The first kappa shape index (κ1) is 8.07. The Balaban J connectivity index is 2.74. The number of anilines is 1. The summed E-state index contributed by atoms with van der Waals surface area (Å²) >= 11 is 5.43. The van der Waals surface area contributed by atoms with Crippen LogP contribution in [0.25, 0.3) is 0 Å². The number of amides is 2. The maximum Gasteiger partial charge on any atom is 0.278 e. The van der Waals surface area contributed by atoms with Crippen molar-refractivity contribution in [1.29, 1.82) is 0 Å². The average Bonchev–Trinajstić information content (AvgIpc) is 2.33. The van der Waals surface area contributed by atoms with Crippen LogP contribution in [-0.4, -0.2) is 16.2 Å². The van der Waals surface area contributed by atoms with Crippen LogP contribution in [0.4, 0.5) is 5.69 Å².